The van der Waals surface area contributed by atoms with Gasteiger partial charge in [-0.05, 0) is 32.1 Å². The van der Waals surface area contributed by atoms with E-state index in [9.17, 15) is 27.6 Å². The average molecular weight is 462 g/mol. The van der Waals surface area contributed by atoms with Crippen LogP contribution in [-0.2, 0) is 28.7 Å². The van der Waals surface area contributed by atoms with Crippen molar-refractivity contribution < 1.29 is 41.9 Å². The Morgan fingerprint density at radius 3 is 2.23 bits per heavy atom. The number of ether oxygens (including phenoxy) is 2. The highest BCUT2D eigenvalue weighted by Gasteiger charge is 2.45. The molecule has 0 fully saturated rings. The lowest BCUT2D eigenvalue weighted by Crippen LogP contribution is -2.28. The van der Waals surface area contributed by atoms with Gasteiger partial charge in [-0.15, -0.1) is 11.3 Å². The number of esters is 2. The van der Waals surface area contributed by atoms with E-state index in [0.717, 1.165) is 17.4 Å². The molecule has 0 aliphatic carbocycles. The maximum absolute atomic E-state index is 13.0. The first-order valence-corrected chi connectivity index (χ1v) is 10.2. The number of hydrogen-bond donors (Lipinski definition) is 0. The summed E-state index contributed by atoms with van der Waals surface area (Å²) in [5, 5.41) is 3.40. The first kappa shape index (κ1) is 24.4. The van der Waals surface area contributed by atoms with Crippen LogP contribution in [0.25, 0.3) is 6.08 Å². The number of nitrogens with zero attached hydrogens (tertiary/aromatic N) is 2. The molecular weight excluding hydrogens is 441 g/mol. The van der Waals surface area contributed by atoms with Crippen LogP contribution in [0.3, 0.4) is 0 Å². The van der Waals surface area contributed by atoms with Gasteiger partial charge in [-0.1, -0.05) is 5.16 Å². The van der Waals surface area contributed by atoms with Crippen molar-refractivity contribution in [3.63, 3.8) is 0 Å². The molecule has 0 unspecified atom stereocenters. The third-order valence-corrected chi connectivity index (χ3v) is 5.05. The van der Waals surface area contributed by atoms with Crippen molar-refractivity contribution in [3.05, 3.63) is 22.6 Å². The second-order valence-corrected chi connectivity index (χ2v) is 7.24. The fourth-order valence-corrected chi connectivity index (χ4v) is 3.60. The Bertz CT molecular complexity index is 856. The third kappa shape index (κ3) is 7.09. The van der Waals surface area contributed by atoms with Crippen LogP contribution in [0.2, 0.25) is 0 Å². The van der Waals surface area contributed by atoms with Crippen LogP contribution in [0.5, 0.6) is 0 Å². The molecule has 0 aromatic carbocycles. The van der Waals surface area contributed by atoms with E-state index in [1.165, 1.54) is 6.07 Å². The molecule has 12 heteroatoms. The van der Waals surface area contributed by atoms with Gasteiger partial charge in [-0.3, -0.25) is 9.59 Å². The maximum Gasteiger partial charge on any atom is 0.437 e. The third-order valence-electron chi connectivity index (χ3n) is 3.96. The van der Waals surface area contributed by atoms with Crippen molar-refractivity contribution >= 4 is 46.0 Å². The molecule has 0 radical (unpaired) electrons. The molecule has 2 heterocycles. The molecule has 0 spiro atoms. The standard InChI is InChI=1S/C19H21F3N2O6S/c1-3-28-15(25)7-9-24(10-8-16(26)29-4-2)14-6-5-12(31-14)11-13-17(19(20,21)22)23-30-18(13)27/h5-6,11H,3-4,7-10H2,1-2H3/b13-11-. The molecule has 1 aliphatic heterocycles. The van der Waals surface area contributed by atoms with Crippen LogP contribution < -0.4 is 4.90 Å². The first-order valence-electron chi connectivity index (χ1n) is 9.40. The molecule has 0 saturated carbocycles. The van der Waals surface area contributed by atoms with E-state index in [1.807, 2.05) is 0 Å². The minimum Gasteiger partial charge on any atom is -0.466 e. The second kappa shape index (κ2) is 10.9. The van der Waals surface area contributed by atoms with Crippen molar-refractivity contribution in [2.24, 2.45) is 5.16 Å². The summed E-state index contributed by atoms with van der Waals surface area (Å²) in [4.78, 5) is 41.3. The van der Waals surface area contributed by atoms with Crippen LogP contribution in [0.15, 0.2) is 22.9 Å². The van der Waals surface area contributed by atoms with Gasteiger partial charge < -0.3 is 19.2 Å². The van der Waals surface area contributed by atoms with E-state index in [2.05, 4.69) is 9.99 Å². The maximum atomic E-state index is 13.0. The van der Waals surface area contributed by atoms with Crippen LogP contribution in [0.4, 0.5) is 18.2 Å². The van der Waals surface area contributed by atoms with Gasteiger partial charge in [0, 0.05) is 18.0 Å². The van der Waals surface area contributed by atoms with Gasteiger partial charge in [0.1, 0.15) is 0 Å². The van der Waals surface area contributed by atoms with Crippen LogP contribution in [0.1, 0.15) is 31.6 Å². The zero-order valence-electron chi connectivity index (χ0n) is 16.9. The zero-order chi connectivity index (χ0) is 23.0. The van der Waals surface area contributed by atoms with Gasteiger partial charge in [0.15, 0.2) is 5.71 Å². The molecule has 1 aromatic rings. The number of carbonyl (C=O) groups is 3. The van der Waals surface area contributed by atoms with E-state index in [4.69, 9.17) is 9.47 Å². The lowest BCUT2D eigenvalue weighted by molar-refractivity contribution is -0.143. The molecule has 0 N–H and O–H groups in total. The van der Waals surface area contributed by atoms with E-state index < -0.39 is 35.4 Å². The van der Waals surface area contributed by atoms with Crippen LogP contribution >= 0.6 is 11.3 Å². The number of carbonyl (C=O) groups excluding carboxylic acids is 3. The highest BCUT2D eigenvalue weighted by atomic mass is 32.1. The molecule has 1 aliphatic rings. The number of thiophene rings is 1. The summed E-state index contributed by atoms with van der Waals surface area (Å²) < 4.78 is 48.8. The summed E-state index contributed by atoms with van der Waals surface area (Å²) in [7, 11) is 0. The molecule has 2 rings (SSSR count). The Kier molecular flexibility index (Phi) is 8.60. The number of halogens is 3. The molecule has 0 bridgehead atoms. The predicted molar refractivity (Wildman–Crippen MR) is 107 cm³/mol. The van der Waals surface area contributed by atoms with E-state index in [0.29, 0.717) is 9.88 Å². The minimum absolute atomic E-state index is 0.0577. The van der Waals surface area contributed by atoms with E-state index in [1.54, 1.807) is 24.8 Å². The summed E-state index contributed by atoms with van der Waals surface area (Å²) in [5.74, 6) is -2.02. The zero-order valence-corrected chi connectivity index (χ0v) is 17.7. The molecule has 170 valence electrons. The smallest absolute Gasteiger partial charge is 0.437 e. The Balaban J connectivity index is 2.19. The summed E-state index contributed by atoms with van der Waals surface area (Å²) >= 11 is 1.09. The fourth-order valence-electron chi connectivity index (χ4n) is 2.60. The lowest BCUT2D eigenvalue weighted by atomic mass is 10.1. The molecular formula is C19H21F3N2O6S. The second-order valence-electron chi connectivity index (χ2n) is 6.15. The number of rotatable bonds is 10. The highest BCUT2D eigenvalue weighted by molar-refractivity contribution is 7.17. The number of anilines is 1. The molecule has 8 nitrogen and oxygen atoms in total. The van der Waals surface area contributed by atoms with Gasteiger partial charge in [-0.2, -0.15) is 13.2 Å². The summed E-state index contributed by atoms with van der Waals surface area (Å²) in [6.07, 6.45) is -3.67. The van der Waals surface area contributed by atoms with Crippen molar-refractivity contribution in [1.82, 2.24) is 0 Å². The fraction of sp³-hybridized carbons (Fsp3) is 0.474. The predicted octanol–water partition coefficient (Wildman–Crippen LogP) is 3.32. The first-order chi connectivity index (χ1) is 14.7. The van der Waals surface area contributed by atoms with Gasteiger partial charge >= 0.3 is 24.1 Å². The number of hydrogen-bond acceptors (Lipinski definition) is 9. The van der Waals surface area contributed by atoms with Gasteiger partial charge in [0.2, 0.25) is 0 Å². The van der Waals surface area contributed by atoms with Crippen molar-refractivity contribution in [2.45, 2.75) is 32.9 Å². The Labute approximate surface area is 180 Å². The lowest BCUT2D eigenvalue weighted by Gasteiger charge is -2.22. The van der Waals surface area contributed by atoms with Gasteiger partial charge in [-0.25, -0.2) is 4.79 Å². The molecule has 0 saturated heterocycles. The molecule has 1 aromatic heterocycles. The summed E-state index contributed by atoms with van der Waals surface area (Å²) in [6, 6.07) is 3.15. The van der Waals surface area contributed by atoms with Gasteiger partial charge in [0.05, 0.1) is 36.6 Å². The topological polar surface area (TPSA) is 94.5 Å². The van der Waals surface area contributed by atoms with Crippen LogP contribution in [-0.4, -0.2) is 56.1 Å². The number of oxime groups is 1. The SMILES string of the molecule is CCOC(=O)CCN(CCC(=O)OCC)c1ccc(/C=C2\C(=O)ON=C2C(F)(F)F)s1. The largest absolute Gasteiger partial charge is 0.466 e. The summed E-state index contributed by atoms with van der Waals surface area (Å²) in [6.45, 7) is 4.29. The Morgan fingerprint density at radius 2 is 1.71 bits per heavy atom. The quantitative estimate of drug-likeness (QED) is 0.299. The summed E-state index contributed by atoms with van der Waals surface area (Å²) in [5.41, 5.74) is -2.08. The highest BCUT2D eigenvalue weighted by Crippen LogP contribution is 2.32. The van der Waals surface area contributed by atoms with Crippen molar-refractivity contribution in [1.29, 1.82) is 0 Å². The average Bonchev–Trinajstić information content (AvgIpc) is 3.29. The monoisotopic (exact) mass is 462 g/mol. The van der Waals surface area contributed by atoms with E-state index >= 15 is 0 Å². The normalized spacial score (nSPS) is 14.9. The van der Waals surface area contributed by atoms with Gasteiger partial charge in [0.25, 0.3) is 0 Å². The molecule has 31 heavy (non-hydrogen) atoms. The van der Waals surface area contributed by atoms with E-state index in [-0.39, 0.29) is 39.1 Å². The van der Waals surface area contributed by atoms with Crippen molar-refractivity contribution in [3.8, 4) is 0 Å². The number of alkyl halides is 3. The van der Waals surface area contributed by atoms with Crippen LogP contribution in [0, 0.1) is 0 Å². The molecule has 0 atom stereocenters. The molecule has 0 amide bonds. The Morgan fingerprint density at radius 1 is 1.13 bits per heavy atom. The Hall–Kier alpha value is -2.89. The minimum atomic E-state index is -4.83. The van der Waals surface area contributed by atoms with Crippen molar-refractivity contribution in [2.75, 3.05) is 31.2 Å².